The molecule has 1 rings (SSSR count). The number of ether oxygens (including phenoxy) is 2. The largest absolute Gasteiger partial charge is 1.00 e. The molecule has 0 saturated heterocycles. The van der Waals surface area contributed by atoms with Gasteiger partial charge in [0.15, 0.2) is 0 Å². The molecule has 0 heterocycles. The molecule has 6 heteroatoms. The maximum Gasteiger partial charge on any atom is 0.410 e. The van der Waals surface area contributed by atoms with Crippen LogP contribution in [0.15, 0.2) is 30.3 Å². The SMILES string of the molecule is CCN(C(=O)OCC[NH+](CC)CC)C(C)COc1ccccc1.[Cl-]. The smallest absolute Gasteiger partial charge is 0.410 e. The summed E-state index contributed by atoms with van der Waals surface area (Å²) in [5.41, 5.74) is 0. The summed E-state index contributed by atoms with van der Waals surface area (Å²) in [6, 6.07) is 9.60. The molecule has 0 bridgehead atoms. The van der Waals surface area contributed by atoms with E-state index < -0.39 is 0 Å². The number of quaternary nitrogens is 1. The topological polar surface area (TPSA) is 43.2 Å². The van der Waals surface area contributed by atoms with Crippen molar-refractivity contribution in [3.8, 4) is 5.75 Å². The van der Waals surface area contributed by atoms with Gasteiger partial charge >= 0.3 is 6.09 Å². The Bertz CT molecular complexity index is 441. The second kappa shape index (κ2) is 12.9. The number of nitrogens with zero attached hydrogens (tertiary/aromatic N) is 1. The highest BCUT2D eigenvalue weighted by Gasteiger charge is 2.20. The maximum absolute atomic E-state index is 12.2. The molecule has 1 unspecified atom stereocenters. The van der Waals surface area contributed by atoms with Gasteiger partial charge in [-0.2, -0.15) is 0 Å². The Labute approximate surface area is 152 Å². The minimum atomic E-state index is -0.261. The third-order valence-electron chi connectivity index (χ3n) is 4.02. The quantitative estimate of drug-likeness (QED) is 0.574. The molecular formula is C18H31ClN2O3. The first-order valence-corrected chi connectivity index (χ1v) is 8.57. The molecule has 5 nitrogen and oxygen atoms in total. The van der Waals surface area contributed by atoms with Crippen LogP contribution in [0.3, 0.4) is 0 Å². The average Bonchev–Trinajstić information content (AvgIpc) is 2.58. The number of benzene rings is 1. The van der Waals surface area contributed by atoms with Gasteiger partial charge in [-0.1, -0.05) is 18.2 Å². The van der Waals surface area contributed by atoms with Crippen molar-refractivity contribution >= 4 is 6.09 Å². The van der Waals surface area contributed by atoms with Crippen LogP contribution >= 0.6 is 0 Å². The van der Waals surface area contributed by atoms with Crippen molar-refractivity contribution < 1.29 is 31.6 Å². The van der Waals surface area contributed by atoms with Gasteiger partial charge < -0.3 is 31.7 Å². The summed E-state index contributed by atoms with van der Waals surface area (Å²) in [5, 5.41) is 0. The average molecular weight is 359 g/mol. The van der Waals surface area contributed by atoms with Crippen molar-refractivity contribution in [3.05, 3.63) is 30.3 Å². The molecule has 1 aromatic carbocycles. The normalized spacial score (nSPS) is 11.5. The van der Waals surface area contributed by atoms with Crippen LogP contribution in [0, 0.1) is 0 Å². The van der Waals surface area contributed by atoms with Gasteiger partial charge in [-0.15, -0.1) is 0 Å². The fourth-order valence-electron chi connectivity index (χ4n) is 2.41. The molecule has 1 N–H and O–H groups in total. The van der Waals surface area contributed by atoms with E-state index in [4.69, 9.17) is 9.47 Å². The second-order valence-electron chi connectivity index (χ2n) is 5.58. The first-order valence-electron chi connectivity index (χ1n) is 8.57. The molecule has 0 aromatic heterocycles. The Morgan fingerprint density at radius 1 is 1.17 bits per heavy atom. The predicted molar refractivity (Wildman–Crippen MR) is 92.0 cm³/mol. The number of para-hydroxylation sites is 1. The molecule has 0 radical (unpaired) electrons. The van der Waals surface area contributed by atoms with Crippen molar-refractivity contribution in [1.82, 2.24) is 4.90 Å². The highest BCUT2D eigenvalue weighted by molar-refractivity contribution is 5.67. The third-order valence-corrected chi connectivity index (χ3v) is 4.02. The van der Waals surface area contributed by atoms with Crippen molar-refractivity contribution in [3.63, 3.8) is 0 Å². The summed E-state index contributed by atoms with van der Waals surface area (Å²) in [7, 11) is 0. The minimum Gasteiger partial charge on any atom is -1.00 e. The van der Waals surface area contributed by atoms with Crippen LogP contribution in [-0.2, 0) is 4.74 Å². The van der Waals surface area contributed by atoms with E-state index in [1.54, 1.807) is 4.90 Å². The summed E-state index contributed by atoms with van der Waals surface area (Å²) < 4.78 is 11.1. The van der Waals surface area contributed by atoms with Crippen LogP contribution in [-0.4, -0.2) is 56.4 Å². The summed E-state index contributed by atoms with van der Waals surface area (Å²) in [6.45, 7) is 12.7. The Hall–Kier alpha value is -1.46. The number of carbonyl (C=O) groups excluding carboxylic acids is 1. The minimum absolute atomic E-state index is 0. The standard InChI is InChI=1S/C18H30N2O3.ClH/c1-5-19(6-2)13-14-22-18(21)20(7-3)16(4)15-23-17-11-9-8-10-12-17;/h8-12,16H,5-7,13-15H2,1-4H3;1H. The summed E-state index contributed by atoms with van der Waals surface area (Å²) in [4.78, 5) is 15.4. The van der Waals surface area contributed by atoms with Crippen molar-refractivity contribution in [1.29, 1.82) is 0 Å². The number of halogens is 1. The summed E-state index contributed by atoms with van der Waals surface area (Å²) >= 11 is 0. The molecule has 0 aliphatic rings. The van der Waals surface area contributed by atoms with Gasteiger partial charge in [0, 0.05) is 6.54 Å². The monoisotopic (exact) mass is 358 g/mol. The van der Waals surface area contributed by atoms with E-state index in [0.29, 0.717) is 19.8 Å². The number of hydrogen-bond acceptors (Lipinski definition) is 3. The molecule has 0 fully saturated rings. The van der Waals surface area contributed by atoms with Gasteiger partial charge in [0.25, 0.3) is 0 Å². The molecule has 0 aliphatic heterocycles. The number of likely N-dealkylation sites (N-methyl/N-ethyl adjacent to an activating group) is 2. The molecule has 138 valence electrons. The van der Waals surface area contributed by atoms with Crippen molar-refractivity contribution in [2.24, 2.45) is 0 Å². The van der Waals surface area contributed by atoms with Gasteiger partial charge in [-0.05, 0) is 39.8 Å². The fraction of sp³-hybridized carbons (Fsp3) is 0.611. The van der Waals surface area contributed by atoms with Crippen LogP contribution in [0.4, 0.5) is 4.79 Å². The van der Waals surface area contributed by atoms with Crippen molar-refractivity contribution in [2.45, 2.75) is 33.7 Å². The van der Waals surface area contributed by atoms with Gasteiger partial charge in [-0.25, -0.2) is 4.79 Å². The molecule has 0 aliphatic carbocycles. The van der Waals surface area contributed by atoms with E-state index in [2.05, 4.69) is 13.8 Å². The summed E-state index contributed by atoms with van der Waals surface area (Å²) in [6.07, 6.45) is -0.261. The molecule has 24 heavy (non-hydrogen) atoms. The lowest BCUT2D eigenvalue weighted by Gasteiger charge is -2.27. The van der Waals surface area contributed by atoms with Crippen LogP contribution in [0.2, 0.25) is 0 Å². The number of carbonyl (C=O) groups is 1. The van der Waals surface area contributed by atoms with Gasteiger partial charge in [0.05, 0.1) is 19.1 Å². The van der Waals surface area contributed by atoms with Crippen LogP contribution in [0.25, 0.3) is 0 Å². The summed E-state index contributed by atoms with van der Waals surface area (Å²) in [5.74, 6) is 0.814. The van der Waals surface area contributed by atoms with Crippen molar-refractivity contribution in [2.75, 3.05) is 39.4 Å². The highest BCUT2D eigenvalue weighted by atomic mass is 35.5. The third kappa shape index (κ3) is 7.88. The van der Waals surface area contributed by atoms with Gasteiger partial charge in [0.1, 0.15) is 25.5 Å². The van der Waals surface area contributed by atoms with E-state index in [1.807, 2.05) is 44.2 Å². The van der Waals surface area contributed by atoms with Crippen LogP contribution in [0.5, 0.6) is 5.75 Å². The zero-order valence-corrected chi connectivity index (χ0v) is 16.0. The number of amides is 1. The molecule has 1 atom stereocenters. The lowest BCUT2D eigenvalue weighted by Crippen LogP contribution is -3.11. The zero-order valence-electron chi connectivity index (χ0n) is 15.3. The number of nitrogens with one attached hydrogen (secondary N) is 1. The van der Waals surface area contributed by atoms with E-state index in [1.165, 1.54) is 4.90 Å². The van der Waals surface area contributed by atoms with E-state index in [0.717, 1.165) is 25.4 Å². The van der Waals surface area contributed by atoms with E-state index in [-0.39, 0.29) is 24.5 Å². The second-order valence-corrected chi connectivity index (χ2v) is 5.58. The first kappa shape index (κ1) is 22.5. The molecular weight excluding hydrogens is 328 g/mol. The number of hydrogen-bond donors (Lipinski definition) is 1. The Morgan fingerprint density at radius 2 is 1.79 bits per heavy atom. The highest BCUT2D eigenvalue weighted by Crippen LogP contribution is 2.10. The van der Waals surface area contributed by atoms with E-state index in [9.17, 15) is 4.79 Å². The molecule has 1 aromatic rings. The Kier molecular flexibility index (Phi) is 12.1. The Balaban J connectivity index is 0.00000529. The fourth-order valence-corrected chi connectivity index (χ4v) is 2.41. The van der Waals surface area contributed by atoms with Crippen LogP contribution < -0.4 is 22.0 Å². The van der Waals surface area contributed by atoms with Gasteiger partial charge in [0.2, 0.25) is 0 Å². The number of rotatable bonds is 10. The molecule has 0 spiro atoms. The molecule has 0 saturated carbocycles. The Morgan fingerprint density at radius 3 is 2.33 bits per heavy atom. The lowest BCUT2D eigenvalue weighted by atomic mass is 10.3. The molecule has 1 amide bonds. The van der Waals surface area contributed by atoms with Gasteiger partial charge in [-0.3, -0.25) is 0 Å². The van der Waals surface area contributed by atoms with Crippen LogP contribution in [0.1, 0.15) is 27.7 Å². The predicted octanol–water partition coefficient (Wildman–Crippen LogP) is -1.16. The van der Waals surface area contributed by atoms with E-state index >= 15 is 0 Å². The first-order chi connectivity index (χ1) is 11.1. The lowest BCUT2D eigenvalue weighted by molar-refractivity contribution is -0.896. The zero-order chi connectivity index (χ0) is 17.1. The maximum atomic E-state index is 12.2.